The highest BCUT2D eigenvalue weighted by molar-refractivity contribution is 6.06. The molecule has 2 heteroatoms. The fraction of sp³-hybridized carbons (Fsp3) is 0.0370. The molecule has 0 radical (unpaired) electrons. The lowest BCUT2D eigenvalue weighted by molar-refractivity contribution is 0.669. The van der Waals surface area contributed by atoms with Crippen LogP contribution in [0, 0.1) is 13.8 Å². The number of fused-ring (bicyclic) bond motifs is 4. The minimum Gasteiger partial charge on any atom is -0.456 e. The Kier molecular flexibility index (Phi) is 8.30. The van der Waals surface area contributed by atoms with Crippen molar-refractivity contribution >= 4 is 49.8 Å². The zero-order chi connectivity index (χ0) is 37.6. The third-order valence-electron chi connectivity index (χ3n) is 11.2. The molecular formula is C54H39NO. The first-order chi connectivity index (χ1) is 27.6. The Balaban J connectivity index is 1.04. The Hall–Kier alpha value is -7.16. The van der Waals surface area contributed by atoms with Gasteiger partial charge in [-0.2, -0.15) is 0 Å². The van der Waals surface area contributed by atoms with Crippen molar-refractivity contribution in [2.45, 2.75) is 13.8 Å². The van der Waals surface area contributed by atoms with E-state index in [4.69, 9.17) is 4.42 Å². The predicted octanol–water partition coefficient (Wildman–Crippen LogP) is 15.5. The molecule has 10 aromatic rings. The number of aryl methyl sites for hydroxylation is 2. The van der Waals surface area contributed by atoms with Crippen molar-refractivity contribution in [2.24, 2.45) is 0 Å². The summed E-state index contributed by atoms with van der Waals surface area (Å²) in [7, 11) is 0. The number of hydrogen-bond acceptors (Lipinski definition) is 2. The van der Waals surface area contributed by atoms with Crippen LogP contribution in [0.5, 0.6) is 0 Å². The molecule has 1 heterocycles. The summed E-state index contributed by atoms with van der Waals surface area (Å²) < 4.78 is 6.12. The average Bonchev–Trinajstić information content (AvgIpc) is 3.63. The summed E-state index contributed by atoms with van der Waals surface area (Å²) in [6.45, 7) is 4.44. The second kappa shape index (κ2) is 13.9. The Morgan fingerprint density at radius 2 is 0.857 bits per heavy atom. The summed E-state index contributed by atoms with van der Waals surface area (Å²) in [6, 6.07) is 72.1. The second-order valence-corrected chi connectivity index (χ2v) is 14.7. The quantitative estimate of drug-likeness (QED) is 0.163. The standard InChI is InChI=1S/C54H39NO/c1-36-33-42(38-11-4-3-5-12-38)23-30-47(36)48-31-29-46(34-37(48)2)55(45-27-21-41(22-28-45)50-17-10-14-40-13-6-7-15-49(40)50)44-25-19-39(20-26-44)43-24-32-54-52(35-43)51-16-8-9-18-53(51)56-54/h3-35H,1-2H3. The molecule has 0 aliphatic heterocycles. The van der Waals surface area contributed by atoms with E-state index in [2.05, 4.69) is 207 Å². The van der Waals surface area contributed by atoms with E-state index in [-0.39, 0.29) is 0 Å². The van der Waals surface area contributed by atoms with Gasteiger partial charge >= 0.3 is 0 Å². The largest absolute Gasteiger partial charge is 0.456 e. The molecule has 0 N–H and O–H groups in total. The van der Waals surface area contributed by atoms with Crippen molar-refractivity contribution in [1.82, 2.24) is 0 Å². The van der Waals surface area contributed by atoms with Crippen LogP contribution in [0.15, 0.2) is 205 Å². The van der Waals surface area contributed by atoms with E-state index in [1.54, 1.807) is 0 Å². The Labute approximate surface area is 327 Å². The summed E-state index contributed by atoms with van der Waals surface area (Å²) in [4.78, 5) is 2.37. The topological polar surface area (TPSA) is 16.4 Å². The van der Waals surface area contributed by atoms with Gasteiger partial charge in [-0.3, -0.25) is 0 Å². The van der Waals surface area contributed by atoms with Gasteiger partial charge in [0.25, 0.3) is 0 Å². The number of hydrogen-bond donors (Lipinski definition) is 0. The maximum Gasteiger partial charge on any atom is 0.135 e. The van der Waals surface area contributed by atoms with Crippen LogP contribution >= 0.6 is 0 Å². The first kappa shape index (κ1) is 33.4. The van der Waals surface area contributed by atoms with E-state index in [1.165, 1.54) is 55.3 Å². The number of nitrogens with zero attached hydrogens (tertiary/aromatic N) is 1. The zero-order valence-corrected chi connectivity index (χ0v) is 31.4. The van der Waals surface area contributed by atoms with Gasteiger partial charge < -0.3 is 9.32 Å². The van der Waals surface area contributed by atoms with Gasteiger partial charge in [0, 0.05) is 27.8 Å². The van der Waals surface area contributed by atoms with Crippen LogP contribution in [0.25, 0.3) is 77.2 Å². The lowest BCUT2D eigenvalue weighted by atomic mass is 9.93. The van der Waals surface area contributed by atoms with Gasteiger partial charge in [0.05, 0.1) is 0 Å². The minimum atomic E-state index is 0.908. The van der Waals surface area contributed by atoms with E-state index in [9.17, 15) is 0 Å². The summed E-state index contributed by atoms with van der Waals surface area (Å²) in [5.74, 6) is 0. The van der Waals surface area contributed by atoms with E-state index < -0.39 is 0 Å². The Bertz CT molecular complexity index is 3020. The van der Waals surface area contributed by atoms with Crippen molar-refractivity contribution in [1.29, 1.82) is 0 Å². The number of furan rings is 1. The molecule has 10 rings (SSSR count). The van der Waals surface area contributed by atoms with Gasteiger partial charge in [0.2, 0.25) is 0 Å². The molecule has 0 saturated carbocycles. The highest BCUT2D eigenvalue weighted by atomic mass is 16.3. The molecule has 0 amide bonds. The maximum atomic E-state index is 6.12. The van der Waals surface area contributed by atoms with Gasteiger partial charge in [-0.1, -0.05) is 146 Å². The Morgan fingerprint density at radius 3 is 1.61 bits per heavy atom. The summed E-state index contributed by atoms with van der Waals surface area (Å²) >= 11 is 0. The van der Waals surface area contributed by atoms with Gasteiger partial charge in [0.1, 0.15) is 11.2 Å². The van der Waals surface area contributed by atoms with Gasteiger partial charge in [-0.15, -0.1) is 0 Å². The fourth-order valence-electron chi connectivity index (χ4n) is 8.29. The maximum absolute atomic E-state index is 6.12. The van der Waals surface area contributed by atoms with Crippen LogP contribution in [0.3, 0.4) is 0 Å². The normalized spacial score (nSPS) is 11.4. The van der Waals surface area contributed by atoms with Crippen molar-refractivity contribution in [3.8, 4) is 44.5 Å². The van der Waals surface area contributed by atoms with Crippen LogP contribution < -0.4 is 4.90 Å². The van der Waals surface area contributed by atoms with Crippen molar-refractivity contribution in [2.75, 3.05) is 4.90 Å². The van der Waals surface area contributed by atoms with E-state index >= 15 is 0 Å². The second-order valence-electron chi connectivity index (χ2n) is 14.7. The van der Waals surface area contributed by atoms with Crippen molar-refractivity contribution in [3.05, 3.63) is 211 Å². The molecule has 0 atom stereocenters. The molecule has 0 aliphatic rings. The lowest BCUT2D eigenvalue weighted by Gasteiger charge is -2.27. The van der Waals surface area contributed by atoms with Crippen LogP contribution in [-0.2, 0) is 0 Å². The third kappa shape index (κ3) is 6.02. The average molecular weight is 718 g/mol. The monoisotopic (exact) mass is 717 g/mol. The highest BCUT2D eigenvalue weighted by Crippen LogP contribution is 2.41. The van der Waals surface area contributed by atoms with E-state index in [0.29, 0.717) is 0 Å². The number of para-hydroxylation sites is 1. The number of rotatable bonds is 7. The SMILES string of the molecule is Cc1cc(-c2ccccc2)ccc1-c1ccc(N(c2ccc(-c3ccc4oc5ccccc5c4c3)cc2)c2ccc(-c3cccc4ccccc34)cc2)cc1C. The first-order valence-electron chi connectivity index (χ1n) is 19.2. The van der Waals surface area contributed by atoms with Crippen LogP contribution in [0.1, 0.15) is 11.1 Å². The molecule has 0 bridgehead atoms. The molecule has 0 unspecified atom stereocenters. The molecule has 0 spiro atoms. The van der Waals surface area contributed by atoms with Gasteiger partial charge in [0.15, 0.2) is 0 Å². The zero-order valence-electron chi connectivity index (χ0n) is 31.4. The van der Waals surface area contributed by atoms with Crippen LogP contribution in [0.4, 0.5) is 17.1 Å². The molecule has 266 valence electrons. The molecule has 2 nitrogen and oxygen atoms in total. The molecule has 0 saturated heterocycles. The van der Waals surface area contributed by atoms with Gasteiger partial charge in [-0.25, -0.2) is 0 Å². The smallest absolute Gasteiger partial charge is 0.135 e. The predicted molar refractivity (Wildman–Crippen MR) is 237 cm³/mol. The third-order valence-corrected chi connectivity index (χ3v) is 11.2. The molecule has 1 aromatic heterocycles. The van der Waals surface area contributed by atoms with Crippen molar-refractivity contribution in [3.63, 3.8) is 0 Å². The van der Waals surface area contributed by atoms with Crippen LogP contribution in [0.2, 0.25) is 0 Å². The molecular weight excluding hydrogens is 679 g/mol. The molecule has 56 heavy (non-hydrogen) atoms. The minimum absolute atomic E-state index is 0.908. The summed E-state index contributed by atoms with van der Waals surface area (Å²) in [6.07, 6.45) is 0. The molecule has 9 aromatic carbocycles. The molecule has 0 fully saturated rings. The van der Waals surface area contributed by atoms with Crippen LogP contribution in [-0.4, -0.2) is 0 Å². The summed E-state index contributed by atoms with van der Waals surface area (Å²) in [5, 5.41) is 4.78. The fourth-order valence-corrected chi connectivity index (χ4v) is 8.29. The highest BCUT2D eigenvalue weighted by Gasteiger charge is 2.17. The number of benzene rings is 9. The van der Waals surface area contributed by atoms with E-state index in [1.807, 2.05) is 12.1 Å². The molecule has 0 aliphatic carbocycles. The number of anilines is 3. The summed E-state index contributed by atoms with van der Waals surface area (Å²) in [5.41, 5.74) is 17.4. The van der Waals surface area contributed by atoms with Gasteiger partial charge in [-0.05, 0) is 135 Å². The van der Waals surface area contributed by atoms with Crippen molar-refractivity contribution < 1.29 is 4.42 Å². The first-order valence-corrected chi connectivity index (χ1v) is 19.2. The Morgan fingerprint density at radius 1 is 0.321 bits per heavy atom. The lowest BCUT2D eigenvalue weighted by Crippen LogP contribution is -2.10. The van der Waals surface area contributed by atoms with E-state index in [0.717, 1.165) is 50.1 Å².